The van der Waals surface area contributed by atoms with Gasteiger partial charge in [0.25, 0.3) is 0 Å². The minimum atomic E-state index is 0. The number of rotatable bonds is 9. The Hall–Kier alpha value is -0.470. The fraction of sp³-hybridized carbons (Fsp3) is 0.611. The van der Waals surface area contributed by atoms with Crippen LogP contribution in [0.5, 0.6) is 0 Å². The molecule has 0 atom stereocenters. The van der Waals surface area contributed by atoms with E-state index in [1.54, 1.807) is 0 Å². The first-order valence-electron chi connectivity index (χ1n) is 8.24. The van der Waals surface area contributed by atoms with E-state index in [2.05, 4.69) is 55.9 Å². The molecular formula is C18H32IN3OS. The van der Waals surface area contributed by atoms with Crippen molar-refractivity contribution in [1.82, 2.24) is 10.6 Å². The highest BCUT2D eigenvalue weighted by molar-refractivity contribution is 14.0. The zero-order valence-electron chi connectivity index (χ0n) is 15.5. The van der Waals surface area contributed by atoms with Crippen molar-refractivity contribution in [3.05, 3.63) is 35.4 Å². The lowest BCUT2D eigenvalue weighted by Gasteiger charge is -2.23. The molecule has 138 valence electrons. The molecule has 1 rings (SSSR count). The minimum Gasteiger partial charge on any atom is -0.377 e. The number of aliphatic imine (C=N–C) groups is 1. The van der Waals surface area contributed by atoms with Crippen molar-refractivity contribution < 1.29 is 4.74 Å². The SMILES string of the molecule is CCNC(=NCc1ccccc1COCC)NCC(C)(C)SC.I. The Bertz CT molecular complexity index is 495. The monoisotopic (exact) mass is 465 g/mol. The number of thioether (sulfide) groups is 1. The van der Waals surface area contributed by atoms with Gasteiger partial charge in [0, 0.05) is 24.4 Å². The average molecular weight is 465 g/mol. The van der Waals surface area contributed by atoms with Crippen LogP contribution in [0.1, 0.15) is 38.8 Å². The molecule has 0 saturated carbocycles. The van der Waals surface area contributed by atoms with Crippen LogP contribution in [0.4, 0.5) is 0 Å². The van der Waals surface area contributed by atoms with Crippen LogP contribution in [-0.2, 0) is 17.9 Å². The first-order chi connectivity index (χ1) is 11.0. The molecule has 2 N–H and O–H groups in total. The number of ether oxygens (including phenoxy) is 1. The smallest absolute Gasteiger partial charge is 0.191 e. The zero-order chi connectivity index (χ0) is 17.1. The Morgan fingerprint density at radius 1 is 1.17 bits per heavy atom. The molecule has 1 aromatic rings. The van der Waals surface area contributed by atoms with Crippen LogP contribution in [0, 0.1) is 0 Å². The van der Waals surface area contributed by atoms with Gasteiger partial charge in [0.05, 0.1) is 13.2 Å². The second-order valence-corrected chi connectivity index (χ2v) is 7.43. The van der Waals surface area contributed by atoms with Gasteiger partial charge in [0.1, 0.15) is 0 Å². The van der Waals surface area contributed by atoms with Crippen LogP contribution in [0.3, 0.4) is 0 Å². The van der Waals surface area contributed by atoms with Gasteiger partial charge in [0.15, 0.2) is 5.96 Å². The fourth-order valence-corrected chi connectivity index (χ4v) is 2.16. The maximum absolute atomic E-state index is 5.54. The highest BCUT2D eigenvalue weighted by atomic mass is 127. The minimum absolute atomic E-state index is 0. The van der Waals surface area contributed by atoms with Crippen molar-refractivity contribution in [1.29, 1.82) is 0 Å². The molecule has 0 aliphatic heterocycles. The molecule has 0 aliphatic carbocycles. The molecule has 24 heavy (non-hydrogen) atoms. The summed E-state index contributed by atoms with van der Waals surface area (Å²) in [5, 5.41) is 6.74. The molecule has 0 bridgehead atoms. The molecule has 0 fully saturated rings. The van der Waals surface area contributed by atoms with E-state index in [0.717, 1.165) is 25.7 Å². The summed E-state index contributed by atoms with van der Waals surface area (Å²) in [6, 6.07) is 8.33. The fourth-order valence-electron chi connectivity index (χ4n) is 1.94. The molecule has 0 heterocycles. The van der Waals surface area contributed by atoms with Crippen LogP contribution < -0.4 is 10.6 Å². The molecule has 0 aromatic heterocycles. The van der Waals surface area contributed by atoms with Crippen molar-refractivity contribution in [3.8, 4) is 0 Å². The van der Waals surface area contributed by atoms with Crippen molar-refractivity contribution >= 4 is 41.7 Å². The third kappa shape index (κ3) is 9.13. The lowest BCUT2D eigenvalue weighted by Crippen LogP contribution is -2.43. The number of hydrogen-bond donors (Lipinski definition) is 2. The topological polar surface area (TPSA) is 45.7 Å². The Labute approximate surface area is 168 Å². The lowest BCUT2D eigenvalue weighted by atomic mass is 10.1. The maximum Gasteiger partial charge on any atom is 0.191 e. The molecule has 0 aliphatic rings. The second-order valence-electron chi connectivity index (χ2n) is 5.92. The molecule has 1 aromatic carbocycles. The Kier molecular flexibility index (Phi) is 12.6. The van der Waals surface area contributed by atoms with E-state index in [9.17, 15) is 0 Å². The maximum atomic E-state index is 5.54. The van der Waals surface area contributed by atoms with Crippen LogP contribution in [0.25, 0.3) is 0 Å². The summed E-state index contributed by atoms with van der Waals surface area (Å²) >= 11 is 1.85. The van der Waals surface area contributed by atoms with Gasteiger partial charge in [-0.05, 0) is 45.1 Å². The van der Waals surface area contributed by atoms with Crippen molar-refractivity contribution in [2.45, 2.75) is 45.6 Å². The average Bonchev–Trinajstić information content (AvgIpc) is 2.56. The number of nitrogens with zero attached hydrogens (tertiary/aromatic N) is 1. The second kappa shape index (κ2) is 12.8. The summed E-state index contributed by atoms with van der Waals surface area (Å²) in [6.45, 7) is 12.3. The van der Waals surface area contributed by atoms with Crippen molar-refractivity contribution in [2.24, 2.45) is 4.99 Å². The molecule has 0 unspecified atom stereocenters. The third-order valence-electron chi connectivity index (χ3n) is 3.57. The summed E-state index contributed by atoms with van der Waals surface area (Å²) in [5.74, 6) is 0.862. The standard InChI is InChI=1S/C18H31N3OS.HI/c1-6-19-17(21-14-18(3,4)23-5)20-12-15-10-8-9-11-16(15)13-22-7-2;/h8-11H,6-7,12-14H2,1-5H3,(H2,19,20,21);1H. The third-order valence-corrected chi connectivity index (χ3v) is 4.82. The van der Waals surface area contributed by atoms with Gasteiger partial charge in [-0.3, -0.25) is 0 Å². The van der Waals surface area contributed by atoms with Crippen molar-refractivity contribution in [3.63, 3.8) is 0 Å². The van der Waals surface area contributed by atoms with Gasteiger partial charge >= 0.3 is 0 Å². The van der Waals surface area contributed by atoms with E-state index in [4.69, 9.17) is 9.73 Å². The normalized spacial score (nSPS) is 11.8. The molecule has 6 heteroatoms. The summed E-state index contributed by atoms with van der Waals surface area (Å²) in [6.07, 6.45) is 2.13. The van der Waals surface area contributed by atoms with Gasteiger partial charge < -0.3 is 15.4 Å². The number of benzene rings is 1. The first kappa shape index (κ1) is 23.5. The molecule has 0 spiro atoms. The summed E-state index contributed by atoms with van der Waals surface area (Å²) < 4.78 is 5.72. The summed E-state index contributed by atoms with van der Waals surface area (Å²) in [7, 11) is 0. The van der Waals surface area contributed by atoms with Gasteiger partial charge in [-0.25, -0.2) is 4.99 Å². The quantitative estimate of drug-likeness (QED) is 0.328. The molecule has 0 radical (unpaired) electrons. The Morgan fingerprint density at radius 2 is 1.83 bits per heavy atom. The van der Waals surface area contributed by atoms with E-state index < -0.39 is 0 Å². The van der Waals surface area contributed by atoms with E-state index >= 15 is 0 Å². The van der Waals surface area contributed by atoms with Gasteiger partial charge in [-0.2, -0.15) is 11.8 Å². The number of guanidine groups is 1. The van der Waals surface area contributed by atoms with Gasteiger partial charge in [-0.1, -0.05) is 24.3 Å². The Morgan fingerprint density at radius 3 is 2.42 bits per heavy atom. The van der Waals surface area contributed by atoms with Gasteiger partial charge in [0.2, 0.25) is 0 Å². The largest absolute Gasteiger partial charge is 0.377 e. The van der Waals surface area contributed by atoms with Gasteiger partial charge in [-0.15, -0.1) is 24.0 Å². The van der Waals surface area contributed by atoms with E-state index in [1.807, 2.05) is 24.8 Å². The molecule has 0 saturated heterocycles. The predicted octanol–water partition coefficient (Wildman–Crippen LogP) is 4.04. The summed E-state index contributed by atoms with van der Waals surface area (Å²) in [4.78, 5) is 4.72. The Balaban J connectivity index is 0.00000529. The number of halogens is 1. The highest BCUT2D eigenvalue weighted by Gasteiger charge is 2.16. The molecule has 4 nitrogen and oxygen atoms in total. The summed E-state index contributed by atoms with van der Waals surface area (Å²) in [5.41, 5.74) is 2.42. The van der Waals surface area contributed by atoms with E-state index in [-0.39, 0.29) is 28.7 Å². The van der Waals surface area contributed by atoms with E-state index in [1.165, 1.54) is 11.1 Å². The van der Waals surface area contributed by atoms with Crippen LogP contribution in [0.15, 0.2) is 29.3 Å². The highest BCUT2D eigenvalue weighted by Crippen LogP contribution is 2.19. The number of hydrogen-bond acceptors (Lipinski definition) is 3. The van der Waals surface area contributed by atoms with Crippen molar-refractivity contribution in [2.75, 3.05) is 26.0 Å². The first-order valence-corrected chi connectivity index (χ1v) is 9.46. The predicted molar refractivity (Wildman–Crippen MR) is 118 cm³/mol. The van der Waals surface area contributed by atoms with Crippen LogP contribution in [0.2, 0.25) is 0 Å². The van der Waals surface area contributed by atoms with E-state index in [0.29, 0.717) is 13.2 Å². The number of nitrogens with one attached hydrogen (secondary N) is 2. The zero-order valence-corrected chi connectivity index (χ0v) is 18.7. The molecule has 0 amide bonds. The lowest BCUT2D eigenvalue weighted by molar-refractivity contribution is 0.133. The van der Waals surface area contributed by atoms with Crippen LogP contribution >= 0.6 is 35.7 Å². The molecular weight excluding hydrogens is 433 g/mol. The van der Waals surface area contributed by atoms with Crippen LogP contribution in [-0.4, -0.2) is 36.7 Å².